The molecule has 0 aromatic heterocycles. The third-order valence-electron chi connectivity index (χ3n) is 3.95. The Balaban J connectivity index is 2.18. The first-order valence-corrected chi connectivity index (χ1v) is 6.99. The Morgan fingerprint density at radius 1 is 1.35 bits per heavy atom. The van der Waals surface area contributed by atoms with Crippen LogP contribution in [0.15, 0.2) is 12.1 Å². The zero-order chi connectivity index (χ0) is 14.7. The fourth-order valence-corrected chi connectivity index (χ4v) is 2.75. The summed E-state index contributed by atoms with van der Waals surface area (Å²) in [6.07, 6.45) is 4.43. The summed E-state index contributed by atoms with van der Waals surface area (Å²) in [4.78, 5) is 12.0. The van der Waals surface area contributed by atoms with Gasteiger partial charge in [-0.1, -0.05) is 13.3 Å². The first-order chi connectivity index (χ1) is 9.54. The van der Waals surface area contributed by atoms with Gasteiger partial charge in [0, 0.05) is 0 Å². The molecule has 2 unspecified atom stereocenters. The molecule has 5 heteroatoms. The summed E-state index contributed by atoms with van der Waals surface area (Å²) in [6.45, 7) is 2.03. The molecule has 3 nitrogen and oxygen atoms in total. The molecule has 1 aromatic carbocycles. The second-order valence-corrected chi connectivity index (χ2v) is 5.22. The molecule has 0 bridgehead atoms. The SMILES string of the molecule is CCC1CCCCC1OC(=O)c1c(F)ccc(N)c1F. The summed E-state index contributed by atoms with van der Waals surface area (Å²) in [5, 5.41) is 0. The molecule has 0 spiro atoms. The molecule has 0 saturated heterocycles. The topological polar surface area (TPSA) is 52.3 Å². The second-order valence-electron chi connectivity index (χ2n) is 5.22. The van der Waals surface area contributed by atoms with E-state index in [-0.39, 0.29) is 17.7 Å². The van der Waals surface area contributed by atoms with Gasteiger partial charge >= 0.3 is 5.97 Å². The van der Waals surface area contributed by atoms with Crippen molar-refractivity contribution in [1.82, 2.24) is 0 Å². The second kappa shape index (κ2) is 6.20. The van der Waals surface area contributed by atoms with Crippen LogP contribution >= 0.6 is 0 Å². The van der Waals surface area contributed by atoms with Gasteiger partial charge in [0.15, 0.2) is 5.82 Å². The maximum absolute atomic E-state index is 13.8. The summed E-state index contributed by atoms with van der Waals surface area (Å²) < 4.78 is 32.7. The Bertz CT molecular complexity index is 505. The lowest BCUT2D eigenvalue weighted by Crippen LogP contribution is -2.30. The van der Waals surface area contributed by atoms with Crippen LogP contribution in [0.25, 0.3) is 0 Å². The Morgan fingerprint density at radius 3 is 2.75 bits per heavy atom. The van der Waals surface area contributed by atoms with E-state index < -0.39 is 23.2 Å². The molecule has 1 aliphatic rings. The Hall–Kier alpha value is -1.65. The smallest absolute Gasteiger partial charge is 0.344 e. The van der Waals surface area contributed by atoms with Gasteiger partial charge in [-0.05, 0) is 43.7 Å². The molecule has 0 amide bonds. The molecular formula is C15H19F2NO2. The van der Waals surface area contributed by atoms with Crippen molar-refractivity contribution < 1.29 is 18.3 Å². The number of nitrogens with two attached hydrogens (primary N) is 1. The highest BCUT2D eigenvalue weighted by Crippen LogP contribution is 2.30. The van der Waals surface area contributed by atoms with Crippen molar-refractivity contribution in [3.63, 3.8) is 0 Å². The van der Waals surface area contributed by atoms with Gasteiger partial charge in [0.25, 0.3) is 0 Å². The number of ether oxygens (including phenoxy) is 1. The zero-order valence-corrected chi connectivity index (χ0v) is 11.5. The molecule has 0 radical (unpaired) electrons. The van der Waals surface area contributed by atoms with Gasteiger partial charge in [-0.2, -0.15) is 0 Å². The quantitative estimate of drug-likeness (QED) is 0.680. The van der Waals surface area contributed by atoms with Crippen molar-refractivity contribution in [3.8, 4) is 0 Å². The number of carbonyl (C=O) groups is 1. The maximum atomic E-state index is 13.8. The predicted molar refractivity (Wildman–Crippen MR) is 72.2 cm³/mol. The number of halogens is 2. The molecule has 110 valence electrons. The van der Waals surface area contributed by atoms with Crippen molar-refractivity contribution in [2.75, 3.05) is 5.73 Å². The van der Waals surface area contributed by atoms with E-state index in [0.717, 1.165) is 44.2 Å². The average molecular weight is 283 g/mol. The van der Waals surface area contributed by atoms with Crippen LogP contribution in [0.5, 0.6) is 0 Å². The lowest BCUT2D eigenvalue weighted by Gasteiger charge is -2.30. The number of benzene rings is 1. The number of rotatable bonds is 3. The minimum absolute atomic E-state index is 0.256. The van der Waals surface area contributed by atoms with E-state index in [0.29, 0.717) is 0 Å². The molecule has 2 rings (SSSR count). The van der Waals surface area contributed by atoms with Crippen molar-refractivity contribution in [2.45, 2.75) is 45.1 Å². The van der Waals surface area contributed by atoms with Crippen LogP contribution in [0, 0.1) is 17.6 Å². The maximum Gasteiger partial charge on any atom is 0.344 e. The normalized spacial score (nSPS) is 22.6. The highest BCUT2D eigenvalue weighted by molar-refractivity contribution is 5.91. The Kier molecular flexibility index (Phi) is 4.57. The van der Waals surface area contributed by atoms with Gasteiger partial charge in [0.1, 0.15) is 17.5 Å². The predicted octanol–water partition coefficient (Wildman–Crippen LogP) is 3.67. The van der Waals surface area contributed by atoms with Crippen LogP contribution in [0.1, 0.15) is 49.4 Å². The molecular weight excluding hydrogens is 264 g/mol. The van der Waals surface area contributed by atoms with E-state index in [1.807, 2.05) is 6.92 Å². The van der Waals surface area contributed by atoms with Crippen LogP contribution in [0.2, 0.25) is 0 Å². The van der Waals surface area contributed by atoms with E-state index in [2.05, 4.69) is 0 Å². The highest BCUT2D eigenvalue weighted by Gasteiger charge is 2.29. The van der Waals surface area contributed by atoms with Gasteiger partial charge < -0.3 is 10.5 Å². The van der Waals surface area contributed by atoms with E-state index in [4.69, 9.17) is 10.5 Å². The summed E-state index contributed by atoms with van der Waals surface area (Å²) in [5.41, 5.74) is 4.42. The third-order valence-corrected chi connectivity index (χ3v) is 3.95. The molecule has 20 heavy (non-hydrogen) atoms. The summed E-state index contributed by atoms with van der Waals surface area (Å²) in [6, 6.07) is 2.07. The standard InChI is InChI=1S/C15H19F2NO2/c1-2-9-5-3-4-6-12(9)20-15(19)13-10(16)7-8-11(18)14(13)17/h7-9,12H,2-6,18H2,1H3. The molecule has 2 N–H and O–H groups in total. The van der Waals surface area contributed by atoms with Crippen LogP contribution in [0.3, 0.4) is 0 Å². The zero-order valence-electron chi connectivity index (χ0n) is 11.5. The molecule has 1 aliphatic carbocycles. The van der Waals surface area contributed by atoms with Crippen LogP contribution in [0.4, 0.5) is 14.5 Å². The molecule has 1 fully saturated rings. The van der Waals surface area contributed by atoms with Crippen molar-refractivity contribution in [2.24, 2.45) is 5.92 Å². The molecule has 0 aliphatic heterocycles. The van der Waals surface area contributed by atoms with Crippen LogP contribution < -0.4 is 5.73 Å². The largest absolute Gasteiger partial charge is 0.458 e. The number of esters is 1. The van der Waals surface area contributed by atoms with Crippen molar-refractivity contribution >= 4 is 11.7 Å². The van der Waals surface area contributed by atoms with Gasteiger partial charge in [-0.3, -0.25) is 0 Å². The minimum atomic E-state index is -1.04. The molecule has 1 aromatic rings. The van der Waals surface area contributed by atoms with E-state index in [1.165, 1.54) is 0 Å². The third kappa shape index (κ3) is 2.92. The van der Waals surface area contributed by atoms with Gasteiger partial charge in [-0.15, -0.1) is 0 Å². The summed E-state index contributed by atoms with van der Waals surface area (Å²) in [7, 11) is 0. The first kappa shape index (κ1) is 14.8. The van der Waals surface area contributed by atoms with Gasteiger partial charge in [0.05, 0.1) is 5.69 Å². The number of nitrogen functional groups attached to an aromatic ring is 1. The van der Waals surface area contributed by atoms with E-state index in [1.54, 1.807) is 0 Å². The van der Waals surface area contributed by atoms with Crippen LogP contribution in [-0.4, -0.2) is 12.1 Å². The first-order valence-electron chi connectivity index (χ1n) is 6.99. The van der Waals surface area contributed by atoms with Crippen LogP contribution in [-0.2, 0) is 4.74 Å². The van der Waals surface area contributed by atoms with E-state index in [9.17, 15) is 13.6 Å². The monoisotopic (exact) mass is 283 g/mol. The number of hydrogen-bond acceptors (Lipinski definition) is 3. The lowest BCUT2D eigenvalue weighted by molar-refractivity contribution is -0.000172. The number of carbonyl (C=O) groups excluding carboxylic acids is 1. The van der Waals surface area contributed by atoms with Crippen molar-refractivity contribution in [1.29, 1.82) is 0 Å². The summed E-state index contributed by atoms with van der Waals surface area (Å²) in [5.74, 6) is -2.68. The highest BCUT2D eigenvalue weighted by atomic mass is 19.1. The Labute approximate surface area is 117 Å². The van der Waals surface area contributed by atoms with Crippen molar-refractivity contribution in [3.05, 3.63) is 29.3 Å². The van der Waals surface area contributed by atoms with Gasteiger partial charge in [0.2, 0.25) is 0 Å². The molecule has 1 saturated carbocycles. The number of anilines is 1. The van der Waals surface area contributed by atoms with Gasteiger partial charge in [-0.25, -0.2) is 13.6 Å². The Morgan fingerprint density at radius 2 is 2.05 bits per heavy atom. The molecule has 2 atom stereocenters. The fraction of sp³-hybridized carbons (Fsp3) is 0.533. The lowest BCUT2D eigenvalue weighted by atomic mass is 9.85. The minimum Gasteiger partial charge on any atom is -0.458 e. The average Bonchev–Trinajstić information content (AvgIpc) is 2.44. The fourth-order valence-electron chi connectivity index (χ4n) is 2.75. The number of hydrogen-bond donors (Lipinski definition) is 1. The molecule has 0 heterocycles. The summed E-state index contributed by atoms with van der Waals surface area (Å²) >= 11 is 0. The van der Waals surface area contributed by atoms with E-state index >= 15 is 0 Å².